The Kier molecular flexibility index (Phi) is 7.53. The molecule has 1 aromatic rings. The minimum absolute atomic E-state index is 0. The van der Waals surface area contributed by atoms with E-state index < -0.39 is 0 Å². The second-order valence-electron chi connectivity index (χ2n) is 3.35. The molecule has 0 saturated carbocycles. The molecule has 0 aliphatic rings. The topological polar surface area (TPSA) is 63.3 Å². The first-order valence-corrected chi connectivity index (χ1v) is 4.80. The van der Waals surface area contributed by atoms with Gasteiger partial charge in [-0.25, -0.2) is 9.98 Å². The molecule has 0 atom stereocenters. The number of hydrogen-bond donors (Lipinski definition) is 2. The highest BCUT2D eigenvalue weighted by Crippen LogP contribution is 1.98. The van der Waals surface area contributed by atoms with Crippen LogP contribution in [-0.4, -0.2) is 17.5 Å². The lowest BCUT2D eigenvalue weighted by Gasteiger charge is -2.02. The van der Waals surface area contributed by atoms with Gasteiger partial charge < -0.3 is 11.1 Å². The highest BCUT2D eigenvalue weighted by Gasteiger charge is 1.92. The highest BCUT2D eigenvalue weighted by molar-refractivity contribution is 14.0. The maximum atomic E-state index is 5.66. The van der Waals surface area contributed by atoms with Crippen molar-refractivity contribution >= 4 is 35.8 Å². The van der Waals surface area contributed by atoms with E-state index in [4.69, 9.17) is 5.73 Å². The van der Waals surface area contributed by atoms with E-state index in [1.807, 2.05) is 38.1 Å². The summed E-state index contributed by atoms with van der Waals surface area (Å²) in [5.74, 6) is 1.09. The van der Waals surface area contributed by atoms with Gasteiger partial charge in [0.1, 0.15) is 5.82 Å². The second kappa shape index (κ2) is 8.09. The summed E-state index contributed by atoms with van der Waals surface area (Å²) in [5, 5.41) is 2.90. The molecule has 0 aliphatic heterocycles. The Balaban J connectivity index is 0.00000225. The van der Waals surface area contributed by atoms with Gasteiger partial charge in [-0.3, -0.25) is 0 Å². The van der Waals surface area contributed by atoms with Gasteiger partial charge in [-0.15, -0.1) is 24.0 Å². The number of rotatable bonds is 3. The Morgan fingerprint density at radius 2 is 2.25 bits per heavy atom. The van der Waals surface area contributed by atoms with Crippen molar-refractivity contribution in [3.8, 4) is 0 Å². The van der Waals surface area contributed by atoms with Crippen molar-refractivity contribution in [2.75, 3.05) is 11.9 Å². The molecule has 0 spiro atoms. The summed E-state index contributed by atoms with van der Waals surface area (Å²) in [6, 6.07) is 5.57. The van der Waals surface area contributed by atoms with Crippen molar-refractivity contribution in [2.45, 2.75) is 13.8 Å². The molecule has 1 aromatic heterocycles. The molecule has 5 heteroatoms. The van der Waals surface area contributed by atoms with Gasteiger partial charge >= 0.3 is 0 Å². The summed E-state index contributed by atoms with van der Waals surface area (Å²) < 4.78 is 0. The molecular weight excluding hydrogens is 315 g/mol. The molecule has 3 N–H and O–H groups in total. The number of guanidine groups is 1. The summed E-state index contributed by atoms with van der Waals surface area (Å²) in [7, 11) is 0. The van der Waals surface area contributed by atoms with Crippen LogP contribution >= 0.6 is 24.0 Å². The molecule has 0 fully saturated rings. The van der Waals surface area contributed by atoms with Crippen LogP contribution in [0.1, 0.15) is 13.8 Å². The maximum absolute atomic E-state index is 5.66. The zero-order valence-electron chi connectivity index (χ0n) is 9.47. The van der Waals surface area contributed by atoms with Gasteiger partial charge in [0.2, 0.25) is 0 Å². The second-order valence-corrected chi connectivity index (χ2v) is 3.35. The van der Waals surface area contributed by atoms with Gasteiger partial charge in [0.25, 0.3) is 0 Å². The van der Waals surface area contributed by atoms with E-state index >= 15 is 0 Å². The summed E-state index contributed by atoms with van der Waals surface area (Å²) in [6.45, 7) is 4.64. The maximum Gasteiger partial charge on any atom is 0.194 e. The van der Waals surface area contributed by atoms with Crippen LogP contribution in [0, 0.1) is 0 Å². The van der Waals surface area contributed by atoms with Crippen molar-refractivity contribution in [1.82, 2.24) is 4.98 Å². The van der Waals surface area contributed by atoms with Crippen LogP contribution in [0.15, 0.2) is 41.0 Å². The summed E-state index contributed by atoms with van der Waals surface area (Å²) >= 11 is 0. The molecule has 1 heterocycles. The molecule has 0 aliphatic carbocycles. The monoisotopic (exact) mass is 332 g/mol. The molecule has 1 rings (SSSR count). The molecule has 0 amide bonds. The van der Waals surface area contributed by atoms with Gasteiger partial charge in [0.15, 0.2) is 5.96 Å². The van der Waals surface area contributed by atoms with E-state index in [-0.39, 0.29) is 24.0 Å². The number of halogens is 1. The fourth-order valence-corrected chi connectivity index (χ4v) is 0.934. The van der Waals surface area contributed by atoms with Crippen molar-refractivity contribution in [2.24, 2.45) is 10.7 Å². The molecule has 0 bridgehead atoms. The van der Waals surface area contributed by atoms with Gasteiger partial charge in [-0.1, -0.05) is 17.7 Å². The average Bonchev–Trinajstić information content (AvgIpc) is 2.18. The van der Waals surface area contributed by atoms with E-state index in [0.29, 0.717) is 18.3 Å². The number of pyridine rings is 1. The third kappa shape index (κ3) is 6.39. The Morgan fingerprint density at radius 1 is 1.50 bits per heavy atom. The lowest BCUT2D eigenvalue weighted by molar-refractivity contribution is 1.18. The quantitative estimate of drug-likeness (QED) is 0.387. The zero-order valence-corrected chi connectivity index (χ0v) is 11.8. The molecule has 4 nitrogen and oxygen atoms in total. The van der Waals surface area contributed by atoms with E-state index in [0.717, 1.165) is 0 Å². The van der Waals surface area contributed by atoms with Crippen molar-refractivity contribution in [3.05, 3.63) is 36.0 Å². The molecule has 0 radical (unpaired) electrons. The van der Waals surface area contributed by atoms with Gasteiger partial charge in [0.05, 0.1) is 6.54 Å². The number of nitrogens with two attached hydrogens (primary N) is 1. The van der Waals surface area contributed by atoms with Crippen LogP contribution in [0.4, 0.5) is 5.82 Å². The fourth-order valence-electron chi connectivity index (χ4n) is 0.934. The minimum Gasteiger partial charge on any atom is -0.370 e. The third-order valence-electron chi connectivity index (χ3n) is 1.68. The summed E-state index contributed by atoms with van der Waals surface area (Å²) in [6.07, 6.45) is 3.71. The van der Waals surface area contributed by atoms with Crippen LogP contribution in [0.25, 0.3) is 0 Å². The molecule has 88 valence electrons. The average molecular weight is 332 g/mol. The first-order chi connectivity index (χ1) is 7.18. The molecule has 0 unspecified atom stereocenters. The van der Waals surface area contributed by atoms with E-state index in [9.17, 15) is 0 Å². The molecule has 16 heavy (non-hydrogen) atoms. The SMILES string of the molecule is CC(C)=CCN=C(N)Nc1ccccn1.I. The van der Waals surface area contributed by atoms with E-state index in [1.165, 1.54) is 5.57 Å². The van der Waals surface area contributed by atoms with E-state index in [1.54, 1.807) is 6.20 Å². The standard InChI is InChI=1S/C11H16N4.HI/c1-9(2)6-8-14-11(12)15-10-5-3-4-7-13-10;/h3-7H,8H2,1-2H3,(H3,12,13,14,15);1H. The highest BCUT2D eigenvalue weighted by atomic mass is 127. The Morgan fingerprint density at radius 3 is 2.81 bits per heavy atom. The number of aromatic nitrogens is 1. The first-order valence-electron chi connectivity index (χ1n) is 4.80. The lowest BCUT2D eigenvalue weighted by atomic mass is 10.3. The zero-order chi connectivity index (χ0) is 11.1. The van der Waals surface area contributed by atoms with E-state index in [2.05, 4.69) is 15.3 Å². The molecule has 0 saturated heterocycles. The van der Waals surface area contributed by atoms with Crippen LogP contribution in [0.2, 0.25) is 0 Å². The smallest absolute Gasteiger partial charge is 0.194 e. The minimum atomic E-state index is 0. The van der Waals surface area contributed by atoms with Crippen molar-refractivity contribution < 1.29 is 0 Å². The first kappa shape index (κ1) is 14.9. The largest absolute Gasteiger partial charge is 0.370 e. The normalized spacial score (nSPS) is 10.2. The number of nitrogens with zero attached hydrogens (tertiary/aromatic N) is 2. The Labute approximate surface area is 113 Å². The van der Waals surface area contributed by atoms with Crippen LogP contribution in [0.3, 0.4) is 0 Å². The molecular formula is C11H17IN4. The predicted octanol–water partition coefficient (Wildman–Crippen LogP) is 2.39. The number of hydrogen-bond acceptors (Lipinski definition) is 2. The van der Waals surface area contributed by atoms with Crippen molar-refractivity contribution in [3.63, 3.8) is 0 Å². The predicted molar refractivity (Wildman–Crippen MR) is 79.2 cm³/mol. The van der Waals surface area contributed by atoms with Gasteiger partial charge in [0, 0.05) is 6.20 Å². The van der Waals surface area contributed by atoms with Gasteiger partial charge in [-0.05, 0) is 26.0 Å². The fraction of sp³-hybridized carbons (Fsp3) is 0.273. The van der Waals surface area contributed by atoms with Crippen molar-refractivity contribution in [1.29, 1.82) is 0 Å². The van der Waals surface area contributed by atoms with Crippen LogP contribution in [0.5, 0.6) is 0 Å². The van der Waals surface area contributed by atoms with Crippen LogP contribution < -0.4 is 11.1 Å². The number of nitrogens with one attached hydrogen (secondary N) is 1. The van der Waals surface area contributed by atoms with Crippen LogP contribution in [-0.2, 0) is 0 Å². The summed E-state index contributed by atoms with van der Waals surface area (Å²) in [4.78, 5) is 8.20. The number of allylic oxidation sites excluding steroid dienone is 1. The Bertz CT molecular complexity index is 356. The third-order valence-corrected chi connectivity index (χ3v) is 1.68. The lowest BCUT2D eigenvalue weighted by Crippen LogP contribution is -2.23. The van der Waals surface area contributed by atoms with Gasteiger partial charge in [-0.2, -0.15) is 0 Å². The number of anilines is 1. The number of aliphatic imine (C=N–C) groups is 1. The Hall–Kier alpha value is -1.11. The molecule has 0 aromatic carbocycles. The summed E-state index contributed by atoms with van der Waals surface area (Å²) in [5.41, 5.74) is 6.89.